The van der Waals surface area contributed by atoms with Crippen molar-refractivity contribution < 1.29 is 32.5 Å². The number of nitrogens with zero attached hydrogens (tertiary/aromatic N) is 4. The van der Waals surface area contributed by atoms with Crippen LogP contribution in [0.25, 0.3) is 11.0 Å². The number of hydrogen-bond acceptors (Lipinski definition) is 9. The first-order chi connectivity index (χ1) is 19.8. The molecule has 2 aromatic carbocycles. The van der Waals surface area contributed by atoms with E-state index in [9.17, 15) is 19.7 Å². The average molecular weight is 564 g/mol. The molecule has 41 heavy (non-hydrogen) atoms. The van der Waals surface area contributed by atoms with Gasteiger partial charge >= 0.3 is 12.0 Å². The average Bonchev–Trinajstić information content (AvgIpc) is 3.70. The summed E-state index contributed by atoms with van der Waals surface area (Å²) in [5.41, 5.74) is 1.38. The lowest BCUT2D eigenvalue weighted by Gasteiger charge is -2.36. The van der Waals surface area contributed by atoms with Crippen LogP contribution in [-0.2, 0) is 11.3 Å². The van der Waals surface area contributed by atoms with Crippen molar-refractivity contribution in [1.82, 2.24) is 10.2 Å². The molecule has 1 N–H and O–H groups in total. The Bertz CT molecular complexity index is 1580. The number of ether oxygens (including phenoxy) is 1. The van der Waals surface area contributed by atoms with E-state index in [0.717, 1.165) is 5.39 Å². The fourth-order valence-corrected chi connectivity index (χ4v) is 5.06. The number of anilines is 2. The minimum Gasteiger partial charge on any atom is -0.451 e. The second kappa shape index (κ2) is 10.9. The number of carbonyl (C=O) groups excluding carboxylic acids is 2. The van der Waals surface area contributed by atoms with E-state index in [1.807, 2.05) is 23.1 Å². The number of para-hydroxylation sites is 1. The highest BCUT2D eigenvalue weighted by Crippen LogP contribution is 2.29. The van der Waals surface area contributed by atoms with Gasteiger partial charge in [-0.2, -0.15) is 0 Å². The predicted octanol–water partition coefficient (Wildman–Crippen LogP) is 4.15. The number of nitrogens with one attached hydrogen (secondary N) is 1. The van der Waals surface area contributed by atoms with Gasteiger partial charge in [0.25, 0.3) is 5.91 Å². The van der Waals surface area contributed by atoms with Crippen LogP contribution in [0.15, 0.2) is 69.5 Å². The third-order valence-corrected chi connectivity index (χ3v) is 7.18. The second-order valence-electron chi connectivity index (χ2n) is 9.87. The molecule has 13 heteroatoms. The number of furan rings is 2. The van der Waals surface area contributed by atoms with E-state index in [4.69, 9.17) is 13.6 Å². The molecule has 0 spiro atoms. The van der Waals surface area contributed by atoms with Crippen LogP contribution in [0.2, 0.25) is 0 Å². The van der Waals surface area contributed by atoms with E-state index in [2.05, 4.69) is 10.2 Å². The van der Waals surface area contributed by atoms with E-state index in [-0.39, 0.29) is 24.7 Å². The number of hydrogen-bond donors (Lipinski definition) is 1. The fraction of sp³-hybridized carbons (Fsp3) is 0.286. The van der Waals surface area contributed by atoms with Crippen LogP contribution in [-0.4, -0.2) is 67.2 Å². The van der Waals surface area contributed by atoms with Crippen molar-refractivity contribution in [2.75, 3.05) is 49.1 Å². The van der Waals surface area contributed by atoms with Gasteiger partial charge in [-0.25, -0.2) is 9.18 Å². The van der Waals surface area contributed by atoms with Gasteiger partial charge in [0, 0.05) is 31.6 Å². The Morgan fingerprint density at radius 1 is 1.05 bits per heavy atom. The summed E-state index contributed by atoms with van der Waals surface area (Å²) in [4.78, 5) is 40.6. The normalized spacial score (nSPS) is 17.7. The lowest BCUT2D eigenvalue weighted by atomic mass is 10.2. The number of benzene rings is 2. The number of rotatable bonds is 8. The van der Waals surface area contributed by atoms with Crippen LogP contribution in [0.4, 0.5) is 26.4 Å². The van der Waals surface area contributed by atoms with E-state index in [1.54, 1.807) is 30.3 Å². The van der Waals surface area contributed by atoms with E-state index in [1.165, 1.54) is 17.0 Å². The monoisotopic (exact) mass is 563 g/mol. The lowest BCUT2D eigenvalue weighted by molar-refractivity contribution is -0.402. The van der Waals surface area contributed by atoms with E-state index in [0.29, 0.717) is 55.4 Å². The van der Waals surface area contributed by atoms with Crippen molar-refractivity contribution in [3.05, 3.63) is 88.1 Å². The first-order valence-corrected chi connectivity index (χ1v) is 13.1. The zero-order chi connectivity index (χ0) is 28.5. The van der Waals surface area contributed by atoms with Gasteiger partial charge in [-0.3, -0.25) is 24.7 Å². The van der Waals surface area contributed by atoms with Gasteiger partial charge in [0.1, 0.15) is 28.2 Å². The van der Waals surface area contributed by atoms with Crippen molar-refractivity contribution in [3.8, 4) is 0 Å². The molecule has 12 nitrogen and oxygen atoms in total. The molecule has 6 rings (SSSR count). The molecule has 1 atom stereocenters. The van der Waals surface area contributed by atoms with Crippen LogP contribution in [0.3, 0.4) is 0 Å². The summed E-state index contributed by atoms with van der Waals surface area (Å²) >= 11 is 0. The van der Waals surface area contributed by atoms with Crippen LogP contribution in [0.1, 0.15) is 16.3 Å². The van der Waals surface area contributed by atoms with E-state index < -0.39 is 28.8 Å². The molecule has 212 valence electrons. The molecule has 2 aromatic heterocycles. The summed E-state index contributed by atoms with van der Waals surface area (Å²) in [7, 11) is 0. The van der Waals surface area contributed by atoms with Crippen LogP contribution >= 0.6 is 0 Å². The number of fused-ring (bicyclic) bond motifs is 1. The largest absolute Gasteiger partial charge is 0.451 e. The van der Waals surface area contributed by atoms with Gasteiger partial charge in [0.05, 0.1) is 37.1 Å². The summed E-state index contributed by atoms with van der Waals surface area (Å²) in [6.07, 6.45) is -1.23. The summed E-state index contributed by atoms with van der Waals surface area (Å²) in [5.74, 6) is -0.508. The Hall–Kier alpha value is -4.91. The maximum absolute atomic E-state index is 15.2. The van der Waals surface area contributed by atoms with Gasteiger partial charge < -0.3 is 23.8 Å². The molecule has 0 bridgehead atoms. The first kappa shape index (κ1) is 26.3. The predicted molar refractivity (Wildman–Crippen MR) is 145 cm³/mol. The Morgan fingerprint density at radius 2 is 1.85 bits per heavy atom. The summed E-state index contributed by atoms with van der Waals surface area (Å²) in [5, 5.41) is 14.4. The minimum absolute atomic E-state index is 0.0777. The topological polar surface area (TPSA) is 135 Å². The number of carbonyl (C=O) groups is 2. The molecule has 0 aliphatic carbocycles. The Morgan fingerprint density at radius 3 is 2.59 bits per heavy atom. The summed E-state index contributed by atoms with van der Waals surface area (Å²) in [6.45, 7) is 3.01. The summed E-state index contributed by atoms with van der Waals surface area (Å²) < 4.78 is 31.4. The smallest absolute Gasteiger partial charge is 0.433 e. The molecule has 0 unspecified atom stereocenters. The van der Waals surface area contributed by atoms with Gasteiger partial charge in [-0.1, -0.05) is 18.2 Å². The quantitative estimate of drug-likeness (QED) is 0.248. The van der Waals surface area contributed by atoms with Gasteiger partial charge in [-0.15, -0.1) is 0 Å². The van der Waals surface area contributed by atoms with Crippen molar-refractivity contribution in [2.24, 2.45) is 0 Å². The molecule has 2 aliphatic rings. The Labute approximate surface area is 233 Å². The fourth-order valence-electron chi connectivity index (χ4n) is 5.06. The molecule has 4 heterocycles. The molecule has 2 aliphatic heterocycles. The van der Waals surface area contributed by atoms with Gasteiger partial charge in [-0.05, 0) is 36.4 Å². The number of cyclic esters (lactones) is 1. The van der Waals surface area contributed by atoms with Gasteiger partial charge in [0.2, 0.25) is 0 Å². The first-order valence-electron chi connectivity index (χ1n) is 13.1. The molecule has 0 saturated carbocycles. The second-order valence-corrected chi connectivity index (χ2v) is 9.87. The Balaban J connectivity index is 1.02. The van der Waals surface area contributed by atoms with Crippen molar-refractivity contribution in [3.63, 3.8) is 0 Å². The number of halogens is 1. The molecule has 2 amide bonds. The van der Waals surface area contributed by atoms with Crippen LogP contribution < -0.4 is 15.1 Å². The molecule has 2 fully saturated rings. The van der Waals surface area contributed by atoms with Crippen LogP contribution in [0, 0.1) is 15.9 Å². The van der Waals surface area contributed by atoms with Crippen molar-refractivity contribution >= 4 is 40.2 Å². The Kier molecular flexibility index (Phi) is 7.01. The summed E-state index contributed by atoms with van der Waals surface area (Å²) in [6, 6.07) is 16.5. The minimum atomic E-state index is -0.619. The molecular formula is C28H26FN5O7. The molecule has 0 radical (unpaired) electrons. The number of amides is 2. The molecule has 2 saturated heterocycles. The maximum atomic E-state index is 15.2. The number of nitro groups is 1. The third kappa shape index (κ3) is 5.57. The van der Waals surface area contributed by atoms with Crippen molar-refractivity contribution in [1.29, 1.82) is 0 Å². The highest BCUT2D eigenvalue weighted by molar-refractivity contribution is 5.96. The standard InChI is InChI=1S/C28H26FN5O7/c29-22-14-19(5-7-23(22)32-11-9-31(10-12-32)16-20-6-8-26(39-20)34(37)38)33-17-21(40-28(33)36)15-30-27(35)25-13-18-3-1-2-4-24(18)41-25/h1-8,13-14,21H,9-12,15-17H2,(H,30,35)/t21-/m0/s1. The highest BCUT2D eigenvalue weighted by Gasteiger charge is 2.33. The third-order valence-electron chi connectivity index (χ3n) is 7.18. The zero-order valence-corrected chi connectivity index (χ0v) is 21.8. The van der Waals surface area contributed by atoms with E-state index >= 15 is 4.39 Å². The molecular weight excluding hydrogens is 537 g/mol. The van der Waals surface area contributed by atoms with Crippen LogP contribution in [0.5, 0.6) is 0 Å². The molecule has 4 aromatic rings. The lowest BCUT2D eigenvalue weighted by Crippen LogP contribution is -2.46. The maximum Gasteiger partial charge on any atom is 0.433 e. The van der Waals surface area contributed by atoms with Crippen molar-refractivity contribution in [2.45, 2.75) is 12.6 Å². The van der Waals surface area contributed by atoms with Gasteiger partial charge in [0.15, 0.2) is 5.76 Å². The zero-order valence-electron chi connectivity index (χ0n) is 21.8. The highest BCUT2D eigenvalue weighted by atomic mass is 19.1. The number of piperazine rings is 1. The SMILES string of the molecule is O=C(NC[C@H]1CN(c2ccc(N3CCN(Cc4ccc([N+](=O)[O-])o4)CC3)c(F)c2)C(=O)O1)c1cc2ccccc2o1.